The molecule has 96 valence electrons. The van der Waals surface area contributed by atoms with Gasteiger partial charge in [-0.1, -0.05) is 18.2 Å². The second-order valence-electron chi connectivity index (χ2n) is 4.55. The molecule has 3 heterocycles. The van der Waals surface area contributed by atoms with Gasteiger partial charge in [-0.3, -0.25) is 4.57 Å². The third-order valence-corrected chi connectivity index (χ3v) is 3.29. The Morgan fingerprint density at radius 2 is 1.55 bits per heavy atom. The van der Waals surface area contributed by atoms with Gasteiger partial charge in [-0.15, -0.1) is 0 Å². The Hall–Kier alpha value is -2.88. The lowest BCUT2D eigenvalue weighted by atomic mass is 10.3. The van der Waals surface area contributed by atoms with Gasteiger partial charge in [-0.25, -0.2) is 9.97 Å². The number of benzene rings is 1. The summed E-state index contributed by atoms with van der Waals surface area (Å²) in [6.45, 7) is 0. The van der Waals surface area contributed by atoms with E-state index < -0.39 is 0 Å². The van der Waals surface area contributed by atoms with Crippen LogP contribution in [0.3, 0.4) is 0 Å². The highest BCUT2D eigenvalue weighted by Crippen LogP contribution is 2.17. The Kier molecular flexibility index (Phi) is 2.39. The molecule has 0 bridgehead atoms. The second kappa shape index (κ2) is 4.35. The first-order valence-corrected chi connectivity index (χ1v) is 6.45. The molecule has 0 spiro atoms. The van der Waals surface area contributed by atoms with Crippen molar-refractivity contribution in [1.82, 2.24) is 19.1 Å². The molecule has 0 radical (unpaired) electrons. The molecule has 4 nitrogen and oxygen atoms in total. The second-order valence-corrected chi connectivity index (χ2v) is 4.55. The lowest BCUT2D eigenvalue weighted by Crippen LogP contribution is -2.00. The molecule has 0 fully saturated rings. The number of aromatic nitrogens is 4. The number of para-hydroxylation sites is 2. The monoisotopic (exact) mass is 260 g/mol. The first-order valence-electron chi connectivity index (χ1n) is 6.45. The quantitative estimate of drug-likeness (QED) is 0.555. The van der Waals surface area contributed by atoms with Crippen LogP contribution in [0, 0.1) is 0 Å². The summed E-state index contributed by atoms with van der Waals surface area (Å²) in [4.78, 5) is 9.10. The number of fused-ring (bicyclic) bond motifs is 1. The predicted octanol–water partition coefficient (Wildman–Crippen LogP) is 3.21. The maximum atomic E-state index is 4.69. The van der Waals surface area contributed by atoms with Gasteiger partial charge in [0.2, 0.25) is 0 Å². The van der Waals surface area contributed by atoms with Crippen LogP contribution in [0.5, 0.6) is 0 Å². The lowest BCUT2D eigenvalue weighted by Gasteiger charge is -2.06. The highest BCUT2D eigenvalue weighted by Gasteiger charge is 2.06. The number of rotatable bonds is 2. The third-order valence-electron chi connectivity index (χ3n) is 3.29. The van der Waals surface area contributed by atoms with Gasteiger partial charge in [0, 0.05) is 12.4 Å². The molecular formula is C16H12N4. The Morgan fingerprint density at radius 1 is 0.750 bits per heavy atom. The average molecular weight is 260 g/mol. The molecule has 0 aliphatic heterocycles. The van der Waals surface area contributed by atoms with Crippen molar-refractivity contribution < 1.29 is 0 Å². The fourth-order valence-corrected chi connectivity index (χ4v) is 2.32. The molecule has 4 rings (SSSR count). The van der Waals surface area contributed by atoms with Gasteiger partial charge in [0.1, 0.15) is 18.0 Å². The van der Waals surface area contributed by atoms with Crippen LogP contribution in [0.4, 0.5) is 0 Å². The van der Waals surface area contributed by atoms with Crippen molar-refractivity contribution in [2.24, 2.45) is 0 Å². The zero-order chi connectivity index (χ0) is 13.4. The number of imidazole rings is 1. The minimum Gasteiger partial charge on any atom is -0.309 e. The van der Waals surface area contributed by atoms with E-state index in [9.17, 15) is 0 Å². The van der Waals surface area contributed by atoms with Crippen molar-refractivity contribution in [3.63, 3.8) is 0 Å². The van der Waals surface area contributed by atoms with Crippen molar-refractivity contribution in [3.05, 3.63) is 73.3 Å². The average Bonchev–Trinajstić information content (AvgIpc) is 3.17. The van der Waals surface area contributed by atoms with E-state index in [0.29, 0.717) is 0 Å². The Morgan fingerprint density at radius 3 is 2.45 bits per heavy atom. The van der Waals surface area contributed by atoms with E-state index in [-0.39, 0.29) is 0 Å². The van der Waals surface area contributed by atoms with Crippen LogP contribution in [-0.2, 0) is 0 Å². The van der Waals surface area contributed by atoms with Crippen LogP contribution in [0.15, 0.2) is 73.3 Å². The van der Waals surface area contributed by atoms with Crippen LogP contribution in [0.2, 0.25) is 0 Å². The molecule has 1 aromatic carbocycles. The highest BCUT2D eigenvalue weighted by atomic mass is 15.1. The third kappa shape index (κ3) is 1.70. The molecule has 0 N–H and O–H groups in total. The standard InChI is InChI=1S/C16H12N4/c1-2-7-14-13(6-1)17-12-20(14)16-9-5-8-15(18-16)19-10-3-4-11-19/h1-12H. The summed E-state index contributed by atoms with van der Waals surface area (Å²) in [5.41, 5.74) is 2.03. The molecule has 0 atom stereocenters. The van der Waals surface area contributed by atoms with Crippen LogP contribution >= 0.6 is 0 Å². The fourth-order valence-electron chi connectivity index (χ4n) is 2.32. The van der Waals surface area contributed by atoms with Gasteiger partial charge in [-0.2, -0.15) is 0 Å². The molecular weight excluding hydrogens is 248 g/mol. The zero-order valence-electron chi connectivity index (χ0n) is 10.7. The number of hydrogen-bond donors (Lipinski definition) is 0. The van der Waals surface area contributed by atoms with Gasteiger partial charge >= 0.3 is 0 Å². The maximum absolute atomic E-state index is 4.69. The molecule has 0 saturated carbocycles. The first-order chi connectivity index (χ1) is 9.92. The van der Waals surface area contributed by atoms with E-state index in [0.717, 1.165) is 22.7 Å². The van der Waals surface area contributed by atoms with Gasteiger partial charge in [0.25, 0.3) is 0 Å². The number of nitrogens with zero attached hydrogens (tertiary/aromatic N) is 4. The van der Waals surface area contributed by atoms with Crippen LogP contribution in [-0.4, -0.2) is 19.1 Å². The Balaban J connectivity index is 1.88. The van der Waals surface area contributed by atoms with E-state index in [4.69, 9.17) is 4.98 Å². The smallest absolute Gasteiger partial charge is 0.140 e. The summed E-state index contributed by atoms with van der Waals surface area (Å²) in [5, 5.41) is 0. The molecule has 0 amide bonds. The molecule has 0 saturated heterocycles. The van der Waals surface area contributed by atoms with Crippen LogP contribution in [0.1, 0.15) is 0 Å². The Bertz CT molecular complexity index is 859. The van der Waals surface area contributed by atoms with Crippen LogP contribution < -0.4 is 0 Å². The summed E-state index contributed by atoms with van der Waals surface area (Å²) < 4.78 is 3.99. The van der Waals surface area contributed by atoms with E-state index in [1.165, 1.54) is 0 Å². The number of hydrogen-bond acceptors (Lipinski definition) is 2. The summed E-state index contributed by atoms with van der Waals surface area (Å²) in [6, 6.07) is 18.0. The lowest BCUT2D eigenvalue weighted by molar-refractivity contribution is 0.954. The summed E-state index contributed by atoms with van der Waals surface area (Å²) in [5.74, 6) is 1.76. The predicted molar refractivity (Wildman–Crippen MR) is 78.2 cm³/mol. The van der Waals surface area contributed by atoms with Gasteiger partial charge in [-0.05, 0) is 36.4 Å². The topological polar surface area (TPSA) is 35.6 Å². The Labute approximate surface area is 116 Å². The minimum atomic E-state index is 0.866. The number of pyridine rings is 1. The first kappa shape index (κ1) is 11.0. The summed E-state index contributed by atoms with van der Waals surface area (Å²) in [7, 11) is 0. The van der Waals surface area contributed by atoms with Crippen molar-refractivity contribution in [2.75, 3.05) is 0 Å². The maximum Gasteiger partial charge on any atom is 0.140 e. The van der Waals surface area contributed by atoms with E-state index in [1.54, 1.807) is 0 Å². The SMILES string of the molecule is c1cc(-n2cccc2)nc(-n2cnc3ccccc32)c1. The fraction of sp³-hybridized carbons (Fsp3) is 0. The van der Waals surface area contributed by atoms with Crippen molar-refractivity contribution in [3.8, 4) is 11.6 Å². The largest absolute Gasteiger partial charge is 0.309 e. The molecule has 4 heteroatoms. The zero-order valence-corrected chi connectivity index (χ0v) is 10.7. The molecule has 0 aliphatic rings. The van der Waals surface area contributed by atoms with Gasteiger partial charge in [0.15, 0.2) is 0 Å². The van der Waals surface area contributed by atoms with Crippen molar-refractivity contribution in [2.45, 2.75) is 0 Å². The van der Waals surface area contributed by atoms with Gasteiger partial charge in [0.05, 0.1) is 11.0 Å². The van der Waals surface area contributed by atoms with E-state index in [2.05, 4.69) is 4.98 Å². The van der Waals surface area contributed by atoms with E-state index >= 15 is 0 Å². The molecule has 3 aromatic heterocycles. The summed E-state index contributed by atoms with van der Waals surface area (Å²) >= 11 is 0. The normalized spacial score (nSPS) is 11.0. The van der Waals surface area contributed by atoms with E-state index in [1.807, 2.05) is 82.5 Å². The van der Waals surface area contributed by atoms with Crippen molar-refractivity contribution in [1.29, 1.82) is 0 Å². The molecule has 0 aliphatic carbocycles. The van der Waals surface area contributed by atoms with Crippen LogP contribution in [0.25, 0.3) is 22.7 Å². The highest BCUT2D eigenvalue weighted by molar-refractivity contribution is 5.76. The minimum absolute atomic E-state index is 0.866. The molecule has 20 heavy (non-hydrogen) atoms. The molecule has 4 aromatic rings. The van der Waals surface area contributed by atoms with Gasteiger partial charge < -0.3 is 4.57 Å². The molecule has 0 unspecified atom stereocenters. The van der Waals surface area contributed by atoms with Crippen molar-refractivity contribution >= 4 is 11.0 Å². The summed E-state index contributed by atoms with van der Waals surface area (Å²) in [6.07, 6.45) is 5.78.